The zero-order valence-electron chi connectivity index (χ0n) is 13.7. The Morgan fingerprint density at radius 1 is 1.00 bits per heavy atom. The Labute approximate surface area is 156 Å². The summed E-state index contributed by atoms with van der Waals surface area (Å²) in [5.41, 5.74) is 1.36. The smallest absolute Gasteiger partial charge is 0.253 e. The number of carbonyl (C=O) groups is 2. The molecule has 1 saturated heterocycles. The van der Waals surface area contributed by atoms with E-state index >= 15 is 0 Å². The second-order valence-electron chi connectivity index (χ2n) is 5.87. The lowest BCUT2D eigenvalue weighted by Gasteiger charge is -2.15. The van der Waals surface area contributed by atoms with E-state index in [1.54, 1.807) is 36.4 Å². The van der Waals surface area contributed by atoms with Crippen molar-refractivity contribution in [2.75, 3.05) is 24.2 Å². The van der Waals surface area contributed by atoms with Crippen molar-refractivity contribution < 1.29 is 9.59 Å². The van der Waals surface area contributed by atoms with E-state index < -0.39 is 0 Å². The molecule has 2 aromatic rings. The standard InChI is InChI=1S/C19H19ClN2O2S/c20-15-5-9-17(10-6-15)25-13-18(23)21-16-7-3-14(4-8-16)19(24)22-11-1-2-12-22/h3-10H,1-2,11-13H2,(H,21,23). The van der Waals surface area contributed by atoms with Gasteiger partial charge >= 0.3 is 0 Å². The average Bonchev–Trinajstić information content (AvgIpc) is 3.16. The first kappa shape index (κ1) is 17.8. The number of amides is 2. The lowest BCUT2D eigenvalue weighted by atomic mass is 10.2. The molecule has 3 rings (SSSR count). The molecule has 1 fully saturated rings. The zero-order valence-corrected chi connectivity index (χ0v) is 15.3. The third kappa shape index (κ3) is 5.00. The monoisotopic (exact) mass is 374 g/mol. The van der Waals surface area contributed by atoms with Gasteiger partial charge in [-0.2, -0.15) is 0 Å². The van der Waals surface area contributed by atoms with Crippen LogP contribution in [0, 0.1) is 0 Å². The molecule has 0 aliphatic carbocycles. The number of rotatable bonds is 5. The van der Waals surface area contributed by atoms with Crippen LogP contribution >= 0.6 is 23.4 Å². The van der Waals surface area contributed by atoms with Crippen molar-refractivity contribution in [2.45, 2.75) is 17.7 Å². The van der Waals surface area contributed by atoms with Crippen LogP contribution in [-0.2, 0) is 4.79 Å². The number of benzene rings is 2. The van der Waals surface area contributed by atoms with E-state index in [0.29, 0.717) is 22.0 Å². The third-order valence-corrected chi connectivity index (χ3v) is 5.26. The van der Waals surface area contributed by atoms with E-state index in [1.807, 2.05) is 17.0 Å². The van der Waals surface area contributed by atoms with Crippen LogP contribution in [0.25, 0.3) is 0 Å². The minimum Gasteiger partial charge on any atom is -0.339 e. The zero-order chi connectivity index (χ0) is 17.6. The van der Waals surface area contributed by atoms with Gasteiger partial charge in [0.25, 0.3) is 5.91 Å². The third-order valence-electron chi connectivity index (χ3n) is 3.99. The number of thioether (sulfide) groups is 1. The predicted octanol–water partition coefficient (Wildman–Crippen LogP) is 4.31. The van der Waals surface area contributed by atoms with Gasteiger partial charge in [-0.1, -0.05) is 11.6 Å². The highest BCUT2D eigenvalue weighted by Crippen LogP contribution is 2.21. The minimum atomic E-state index is -0.0847. The fraction of sp³-hybridized carbons (Fsp3) is 0.263. The number of hydrogen-bond acceptors (Lipinski definition) is 3. The lowest BCUT2D eigenvalue weighted by molar-refractivity contribution is -0.113. The highest BCUT2D eigenvalue weighted by atomic mass is 35.5. The summed E-state index contributed by atoms with van der Waals surface area (Å²) in [7, 11) is 0. The van der Waals surface area contributed by atoms with Crippen molar-refractivity contribution >= 4 is 40.9 Å². The van der Waals surface area contributed by atoms with Crippen molar-refractivity contribution in [3.8, 4) is 0 Å². The molecule has 0 spiro atoms. The van der Waals surface area contributed by atoms with Gasteiger partial charge in [0.15, 0.2) is 0 Å². The highest BCUT2D eigenvalue weighted by Gasteiger charge is 2.19. The van der Waals surface area contributed by atoms with Crippen LogP contribution in [0.5, 0.6) is 0 Å². The lowest BCUT2D eigenvalue weighted by Crippen LogP contribution is -2.27. The predicted molar refractivity (Wildman–Crippen MR) is 102 cm³/mol. The van der Waals surface area contributed by atoms with E-state index in [0.717, 1.165) is 30.8 Å². The molecule has 0 radical (unpaired) electrons. The van der Waals surface area contributed by atoms with Gasteiger partial charge in [0.2, 0.25) is 5.91 Å². The highest BCUT2D eigenvalue weighted by molar-refractivity contribution is 8.00. The van der Waals surface area contributed by atoms with Crippen molar-refractivity contribution in [3.63, 3.8) is 0 Å². The molecule has 0 bridgehead atoms. The van der Waals surface area contributed by atoms with Gasteiger partial charge in [0, 0.05) is 34.3 Å². The van der Waals surface area contributed by atoms with Crippen molar-refractivity contribution in [1.29, 1.82) is 0 Å². The molecule has 1 aliphatic heterocycles. The largest absolute Gasteiger partial charge is 0.339 e. The Morgan fingerprint density at radius 3 is 2.28 bits per heavy atom. The Kier molecular flexibility index (Phi) is 6.00. The fourth-order valence-electron chi connectivity index (χ4n) is 2.68. The maximum absolute atomic E-state index is 12.3. The van der Waals surface area contributed by atoms with Gasteiger partial charge in [-0.05, 0) is 61.4 Å². The summed E-state index contributed by atoms with van der Waals surface area (Å²) in [6, 6.07) is 14.5. The Morgan fingerprint density at radius 2 is 1.64 bits per heavy atom. The molecule has 130 valence electrons. The van der Waals surface area contributed by atoms with E-state index in [1.165, 1.54) is 11.8 Å². The van der Waals surface area contributed by atoms with Crippen LogP contribution in [0.15, 0.2) is 53.4 Å². The second-order valence-corrected chi connectivity index (χ2v) is 7.35. The Bertz CT molecular complexity index is 741. The Balaban J connectivity index is 1.51. The molecule has 25 heavy (non-hydrogen) atoms. The molecule has 0 aromatic heterocycles. The van der Waals surface area contributed by atoms with Crippen LogP contribution < -0.4 is 5.32 Å². The minimum absolute atomic E-state index is 0.0636. The molecular weight excluding hydrogens is 356 g/mol. The first-order chi connectivity index (χ1) is 12.1. The summed E-state index contributed by atoms with van der Waals surface area (Å²) in [6.07, 6.45) is 2.15. The Hall–Kier alpha value is -1.98. The number of nitrogens with one attached hydrogen (secondary N) is 1. The number of likely N-dealkylation sites (tertiary alicyclic amines) is 1. The molecule has 0 saturated carbocycles. The molecule has 1 aliphatic rings. The topological polar surface area (TPSA) is 49.4 Å². The quantitative estimate of drug-likeness (QED) is 0.793. The van der Waals surface area contributed by atoms with E-state index in [9.17, 15) is 9.59 Å². The summed E-state index contributed by atoms with van der Waals surface area (Å²) >= 11 is 7.29. The first-order valence-electron chi connectivity index (χ1n) is 8.19. The van der Waals surface area contributed by atoms with E-state index in [4.69, 9.17) is 11.6 Å². The number of halogens is 1. The van der Waals surface area contributed by atoms with Crippen LogP contribution in [0.3, 0.4) is 0 Å². The summed E-state index contributed by atoms with van der Waals surface area (Å²) in [5.74, 6) is 0.294. The van der Waals surface area contributed by atoms with E-state index in [2.05, 4.69) is 5.32 Å². The molecule has 0 unspecified atom stereocenters. The van der Waals surface area contributed by atoms with Gasteiger partial charge in [-0.3, -0.25) is 9.59 Å². The van der Waals surface area contributed by atoms with Gasteiger partial charge in [0.1, 0.15) is 0 Å². The molecule has 2 amide bonds. The number of hydrogen-bond donors (Lipinski definition) is 1. The van der Waals surface area contributed by atoms with Gasteiger partial charge in [-0.25, -0.2) is 0 Å². The van der Waals surface area contributed by atoms with E-state index in [-0.39, 0.29) is 11.8 Å². The van der Waals surface area contributed by atoms with Gasteiger partial charge < -0.3 is 10.2 Å². The molecule has 4 nitrogen and oxygen atoms in total. The van der Waals surface area contributed by atoms with Crippen LogP contribution in [-0.4, -0.2) is 35.6 Å². The van der Waals surface area contributed by atoms with Crippen molar-refractivity contribution in [2.24, 2.45) is 0 Å². The van der Waals surface area contributed by atoms with Crippen molar-refractivity contribution in [3.05, 3.63) is 59.1 Å². The van der Waals surface area contributed by atoms with Crippen molar-refractivity contribution in [1.82, 2.24) is 4.90 Å². The average molecular weight is 375 g/mol. The van der Waals surface area contributed by atoms with Gasteiger partial charge in [0.05, 0.1) is 5.75 Å². The maximum Gasteiger partial charge on any atom is 0.253 e. The van der Waals surface area contributed by atoms with Crippen LogP contribution in [0.2, 0.25) is 5.02 Å². The normalized spacial score (nSPS) is 13.7. The first-order valence-corrected chi connectivity index (χ1v) is 9.56. The summed E-state index contributed by atoms with van der Waals surface area (Å²) in [6.45, 7) is 1.67. The van der Waals surface area contributed by atoms with Crippen LogP contribution in [0.1, 0.15) is 23.2 Å². The summed E-state index contributed by atoms with van der Waals surface area (Å²) in [4.78, 5) is 27.2. The molecule has 1 N–H and O–H groups in total. The summed E-state index contributed by atoms with van der Waals surface area (Å²) in [5, 5.41) is 3.53. The molecule has 0 atom stereocenters. The second kappa shape index (κ2) is 8.41. The molecule has 1 heterocycles. The number of nitrogens with zero attached hydrogens (tertiary/aromatic N) is 1. The van der Waals surface area contributed by atoms with Gasteiger partial charge in [-0.15, -0.1) is 11.8 Å². The van der Waals surface area contributed by atoms with Crippen LogP contribution in [0.4, 0.5) is 5.69 Å². The number of anilines is 1. The molecular formula is C19H19ClN2O2S. The maximum atomic E-state index is 12.3. The molecule has 6 heteroatoms. The summed E-state index contributed by atoms with van der Waals surface area (Å²) < 4.78 is 0. The molecule has 2 aromatic carbocycles. The SMILES string of the molecule is O=C(CSc1ccc(Cl)cc1)Nc1ccc(C(=O)N2CCCC2)cc1. The fourth-order valence-corrected chi connectivity index (χ4v) is 3.50. The number of carbonyl (C=O) groups excluding carboxylic acids is 2.